The summed E-state index contributed by atoms with van der Waals surface area (Å²) < 4.78 is 0. The SMILES string of the molecule is N#Cc1ccc(Cc2ncc(CCC3CCN(c4ccccc4)CC3)[nH]2)cc1. The first kappa shape index (κ1) is 18.3. The van der Waals surface area contributed by atoms with Crippen molar-refractivity contribution >= 4 is 5.69 Å². The number of nitriles is 1. The number of nitrogens with zero attached hydrogens (tertiary/aromatic N) is 3. The Balaban J connectivity index is 1.24. The number of imidazole rings is 1. The van der Waals surface area contributed by atoms with Gasteiger partial charge in [-0.25, -0.2) is 4.98 Å². The van der Waals surface area contributed by atoms with Crippen LogP contribution in [0.15, 0.2) is 60.8 Å². The van der Waals surface area contributed by atoms with Crippen LogP contribution in [0.25, 0.3) is 0 Å². The Kier molecular flexibility index (Phi) is 5.72. The molecule has 0 amide bonds. The van der Waals surface area contributed by atoms with Gasteiger partial charge in [0.2, 0.25) is 0 Å². The average molecular weight is 371 g/mol. The van der Waals surface area contributed by atoms with Gasteiger partial charge in [-0.05, 0) is 61.4 Å². The Morgan fingerprint density at radius 1 is 1.04 bits per heavy atom. The van der Waals surface area contributed by atoms with Crippen molar-refractivity contribution in [3.63, 3.8) is 0 Å². The molecule has 0 bridgehead atoms. The molecule has 1 saturated heterocycles. The van der Waals surface area contributed by atoms with Gasteiger partial charge in [-0.3, -0.25) is 0 Å². The van der Waals surface area contributed by atoms with Gasteiger partial charge in [0.25, 0.3) is 0 Å². The molecule has 1 N–H and O–H groups in total. The van der Waals surface area contributed by atoms with Gasteiger partial charge in [-0.15, -0.1) is 0 Å². The summed E-state index contributed by atoms with van der Waals surface area (Å²) in [6.45, 7) is 2.31. The molecule has 0 atom stereocenters. The lowest BCUT2D eigenvalue weighted by Crippen LogP contribution is -2.33. The van der Waals surface area contributed by atoms with E-state index in [0.29, 0.717) is 5.56 Å². The summed E-state index contributed by atoms with van der Waals surface area (Å²) in [5.74, 6) is 1.80. The van der Waals surface area contributed by atoms with E-state index in [1.807, 2.05) is 30.5 Å². The summed E-state index contributed by atoms with van der Waals surface area (Å²) in [5.41, 5.74) is 4.45. The van der Waals surface area contributed by atoms with Crippen molar-refractivity contribution in [3.05, 3.63) is 83.4 Å². The van der Waals surface area contributed by atoms with E-state index >= 15 is 0 Å². The number of hydrogen-bond donors (Lipinski definition) is 1. The number of aromatic amines is 1. The van der Waals surface area contributed by atoms with E-state index in [4.69, 9.17) is 5.26 Å². The number of hydrogen-bond acceptors (Lipinski definition) is 3. The number of aromatic nitrogens is 2. The number of anilines is 1. The second kappa shape index (κ2) is 8.75. The van der Waals surface area contributed by atoms with Crippen LogP contribution in [0.3, 0.4) is 0 Å². The molecule has 4 rings (SSSR count). The van der Waals surface area contributed by atoms with E-state index < -0.39 is 0 Å². The second-order valence-electron chi connectivity index (χ2n) is 7.65. The van der Waals surface area contributed by atoms with E-state index in [1.165, 1.54) is 36.2 Å². The molecule has 0 spiro atoms. The number of para-hydroxylation sites is 1. The van der Waals surface area contributed by atoms with Crippen LogP contribution < -0.4 is 4.90 Å². The first-order valence-corrected chi connectivity index (χ1v) is 10.1. The number of nitrogens with one attached hydrogen (secondary N) is 1. The van der Waals surface area contributed by atoms with Crippen LogP contribution in [0, 0.1) is 17.2 Å². The van der Waals surface area contributed by atoms with E-state index in [9.17, 15) is 0 Å². The molecule has 1 aliphatic heterocycles. The fourth-order valence-corrected chi connectivity index (χ4v) is 3.99. The van der Waals surface area contributed by atoms with Gasteiger partial charge in [-0.2, -0.15) is 5.26 Å². The molecule has 2 heterocycles. The summed E-state index contributed by atoms with van der Waals surface area (Å²) in [4.78, 5) is 10.5. The van der Waals surface area contributed by atoms with Gasteiger partial charge in [0.1, 0.15) is 5.82 Å². The maximum Gasteiger partial charge on any atom is 0.110 e. The minimum Gasteiger partial charge on any atom is -0.372 e. The molecular formula is C24H26N4. The third-order valence-corrected chi connectivity index (χ3v) is 5.69. The molecule has 4 heteroatoms. The molecule has 0 aliphatic carbocycles. The maximum atomic E-state index is 8.89. The quantitative estimate of drug-likeness (QED) is 0.683. The highest BCUT2D eigenvalue weighted by Crippen LogP contribution is 2.26. The lowest BCUT2D eigenvalue weighted by molar-refractivity contribution is 0.381. The fourth-order valence-electron chi connectivity index (χ4n) is 3.99. The highest BCUT2D eigenvalue weighted by Gasteiger charge is 2.19. The second-order valence-corrected chi connectivity index (χ2v) is 7.65. The number of benzene rings is 2. The first-order chi connectivity index (χ1) is 13.8. The van der Waals surface area contributed by atoms with Crippen molar-refractivity contribution in [3.8, 4) is 6.07 Å². The van der Waals surface area contributed by atoms with Crippen LogP contribution >= 0.6 is 0 Å². The Bertz CT molecular complexity index is 913. The van der Waals surface area contributed by atoms with Gasteiger partial charge in [0.15, 0.2) is 0 Å². The van der Waals surface area contributed by atoms with E-state index in [1.54, 1.807) is 0 Å². The van der Waals surface area contributed by atoms with Crippen LogP contribution in [-0.4, -0.2) is 23.1 Å². The topological polar surface area (TPSA) is 55.7 Å². The normalized spacial score (nSPS) is 14.8. The zero-order chi connectivity index (χ0) is 19.2. The Morgan fingerprint density at radius 3 is 2.50 bits per heavy atom. The van der Waals surface area contributed by atoms with Crippen LogP contribution in [-0.2, 0) is 12.8 Å². The summed E-state index contributed by atoms with van der Waals surface area (Å²) >= 11 is 0. The van der Waals surface area contributed by atoms with Crippen molar-refractivity contribution < 1.29 is 0 Å². The van der Waals surface area contributed by atoms with Crippen LogP contribution in [0.2, 0.25) is 0 Å². The van der Waals surface area contributed by atoms with Crippen molar-refractivity contribution in [1.29, 1.82) is 5.26 Å². The minimum atomic E-state index is 0.696. The van der Waals surface area contributed by atoms with E-state index in [-0.39, 0.29) is 0 Å². The van der Waals surface area contributed by atoms with Gasteiger partial charge in [0.05, 0.1) is 11.6 Å². The van der Waals surface area contributed by atoms with Crippen molar-refractivity contribution in [2.45, 2.75) is 32.1 Å². The summed E-state index contributed by atoms with van der Waals surface area (Å²) in [7, 11) is 0. The van der Waals surface area contributed by atoms with Gasteiger partial charge in [0, 0.05) is 37.1 Å². The lowest BCUT2D eigenvalue weighted by Gasteiger charge is -2.33. The summed E-state index contributed by atoms with van der Waals surface area (Å²) in [5, 5.41) is 8.89. The molecule has 0 unspecified atom stereocenters. The fraction of sp³-hybridized carbons (Fsp3) is 0.333. The largest absolute Gasteiger partial charge is 0.372 e. The molecule has 1 aromatic heterocycles. The van der Waals surface area contributed by atoms with Gasteiger partial charge >= 0.3 is 0 Å². The number of aryl methyl sites for hydroxylation is 1. The Labute approximate surface area is 166 Å². The third kappa shape index (κ3) is 4.61. The molecular weight excluding hydrogens is 344 g/mol. The van der Waals surface area contributed by atoms with Crippen molar-refractivity contribution in [2.24, 2.45) is 5.92 Å². The van der Waals surface area contributed by atoms with Crippen LogP contribution in [0.4, 0.5) is 5.69 Å². The number of rotatable bonds is 6. The molecule has 142 valence electrons. The predicted molar refractivity (Wildman–Crippen MR) is 112 cm³/mol. The smallest absolute Gasteiger partial charge is 0.110 e. The van der Waals surface area contributed by atoms with Gasteiger partial charge < -0.3 is 9.88 Å². The summed E-state index contributed by atoms with van der Waals surface area (Å²) in [6.07, 6.45) is 7.58. The number of piperidine rings is 1. The average Bonchev–Trinajstić information content (AvgIpc) is 3.21. The molecule has 4 nitrogen and oxygen atoms in total. The minimum absolute atomic E-state index is 0.696. The van der Waals surface area contributed by atoms with E-state index in [2.05, 4.69) is 51.3 Å². The first-order valence-electron chi connectivity index (χ1n) is 10.1. The number of H-pyrrole nitrogens is 1. The zero-order valence-corrected chi connectivity index (χ0v) is 16.1. The predicted octanol–water partition coefficient (Wildman–Crippen LogP) is 4.72. The molecule has 1 fully saturated rings. The molecule has 0 radical (unpaired) electrons. The monoisotopic (exact) mass is 370 g/mol. The molecule has 3 aromatic rings. The lowest BCUT2D eigenvalue weighted by atomic mass is 9.91. The van der Waals surface area contributed by atoms with Crippen LogP contribution in [0.1, 0.15) is 41.9 Å². The van der Waals surface area contributed by atoms with E-state index in [0.717, 1.165) is 37.7 Å². The third-order valence-electron chi connectivity index (χ3n) is 5.69. The van der Waals surface area contributed by atoms with Crippen LogP contribution in [0.5, 0.6) is 0 Å². The van der Waals surface area contributed by atoms with Crippen molar-refractivity contribution in [1.82, 2.24) is 9.97 Å². The van der Waals surface area contributed by atoms with Gasteiger partial charge in [-0.1, -0.05) is 30.3 Å². The highest BCUT2D eigenvalue weighted by molar-refractivity contribution is 5.46. The molecule has 1 aliphatic rings. The standard InChI is InChI=1S/C24H26N4/c25-17-21-8-6-20(7-9-21)16-24-26-18-22(27-24)11-10-19-12-14-28(15-13-19)23-4-2-1-3-5-23/h1-9,18-19H,10-16H2,(H,26,27). The summed E-state index contributed by atoms with van der Waals surface area (Å²) in [6, 6.07) is 20.6. The maximum absolute atomic E-state index is 8.89. The highest BCUT2D eigenvalue weighted by atomic mass is 15.1. The molecule has 0 saturated carbocycles. The molecule has 28 heavy (non-hydrogen) atoms. The van der Waals surface area contributed by atoms with Crippen molar-refractivity contribution in [2.75, 3.05) is 18.0 Å². The Morgan fingerprint density at radius 2 is 1.79 bits per heavy atom. The molecule has 2 aromatic carbocycles. The zero-order valence-electron chi connectivity index (χ0n) is 16.1. The Hall–Kier alpha value is -3.06.